The Kier molecular flexibility index (Phi) is 2.68. The first-order chi connectivity index (χ1) is 5.24. The van der Waals surface area contributed by atoms with Crippen LogP contribution >= 0.6 is 11.6 Å². The Hall–Kier alpha value is -0.800. The lowest BCUT2D eigenvalue weighted by Crippen LogP contribution is -2.06. The van der Waals surface area contributed by atoms with E-state index in [0.717, 1.165) is 0 Å². The summed E-state index contributed by atoms with van der Waals surface area (Å²) in [4.78, 5) is 11.0. The highest BCUT2D eigenvalue weighted by Gasteiger charge is 2.08. The molecule has 0 aromatic carbocycles. The number of Topliss-reactive ketones (excluding diaryl/α,β-unsaturated/α-hetero) is 1. The number of rotatable bonds is 3. The predicted molar refractivity (Wildman–Crippen MR) is 41.7 cm³/mol. The SMILES string of the molecule is NCCC(=O)c1ccc(Cl)o1. The molecule has 3 nitrogen and oxygen atoms in total. The first-order valence-corrected chi connectivity index (χ1v) is 3.60. The van der Waals surface area contributed by atoms with Crippen LogP contribution in [0, 0.1) is 0 Å². The lowest BCUT2D eigenvalue weighted by Gasteiger charge is -1.91. The summed E-state index contributed by atoms with van der Waals surface area (Å²) in [5.74, 6) is 0.167. The summed E-state index contributed by atoms with van der Waals surface area (Å²) >= 11 is 5.45. The van der Waals surface area contributed by atoms with Crippen LogP contribution in [0.4, 0.5) is 0 Å². The smallest absolute Gasteiger partial charge is 0.199 e. The van der Waals surface area contributed by atoms with E-state index < -0.39 is 0 Å². The minimum absolute atomic E-state index is 0.112. The van der Waals surface area contributed by atoms with Gasteiger partial charge in [-0.3, -0.25) is 4.79 Å². The van der Waals surface area contributed by atoms with Crippen LogP contribution in [0.5, 0.6) is 0 Å². The second kappa shape index (κ2) is 3.55. The van der Waals surface area contributed by atoms with Crippen LogP contribution in [0.15, 0.2) is 16.5 Å². The molecular formula is C7H8ClNO2. The Balaban J connectivity index is 2.69. The topological polar surface area (TPSA) is 56.2 Å². The normalized spacial score (nSPS) is 10.0. The summed E-state index contributed by atoms with van der Waals surface area (Å²) in [5.41, 5.74) is 5.18. The zero-order chi connectivity index (χ0) is 8.27. The molecule has 1 aromatic rings. The minimum Gasteiger partial charge on any atom is -0.442 e. The van der Waals surface area contributed by atoms with E-state index in [9.17, 15) is 4.79 Å². The lowest BCUT2D eigenvalue weighted by atomic mass is 10.2. The van der Waals surface area contributed by atoms with Crippen molar-refractivity contribution in [1.82, 2.24) is 0 Å². The third kappa shape index (κ3) is 2.06. The average Bonchev–Trinajstić information content (AvgIpc) is 2.36. The second-order valence-electron chi connectivity index (χ2n) is 2.07. The summed E-state index contributed by atoms with van der Waals surface area (Å²) in [6, 6.07) is 3.08. The van der Waals surface area contributed by atoms with Crippen LogP contribution in [-0.4, -0.2) is 12.3 Å². The van der Waals surface area contributed by atoms with Gasteiger partial charge < -0.3 is 10.2 Å². The van der Waals surface area contributed by atoms with Crippen molar-refractivity contribution < 1.29 is 9.21 Å². The van der Waals surface area contributed by atoms with E-state index in [1.165, 1.54) is 6.07 Å². The zero-order valence-corrected chi connectivity index (χ0v) is 6.60. The number of carbonyl (C=O) groups excluding carboxylic acids is 1. The van der Waals surface area contributed by atoms with Gasteiger partial charge in [-0.2, -0.15) is 0 Å². The molecule has 1 rings (SSSR count). The van der Waals surface area contributed by atoms with Crippen molar-refractivity contribution >= 4 is 17.4 Å². The highest BCUT2D eigenvalue weighted by molar-refractivity contribution is 6.29. The molecule has 0 aliphatic heterocycles. The molecule has 0 aliphatic rings. The number of halogens is 1. The largest absolute Gasteiger partial charge is 0.442 e. The maximum Gasteiger partial charge on any atom is 0.199 e. The molecule has 0 fully saturated rings. The Labute approximate surface area is 69.1 Å². The number of nitrogens with two attached hydrogens (primary N) is 1. The molecule has 1 aromatic heterocycles. The molecule has 0 radical (unpaired) electrons. The number of furan rings is 1. The summed E-state index contributed by atoms with van der Waals surface area (Å²) in [7, 11) is 0. The van der Waals surface area contributed by atoms with E-state index in [4.69, 9.17) is 21.8 Å². The molecule has 0 saturated carbocycles. The zero-order valence-electron chi connectivity index (χ0n) is 5.84. The molecule has 4 heteroatoms. The molecule has 0 bridgehead atoms. The molecular weight excluding hydrogens is 166 g/mol. The molecule has 0 atom stereocenters. The average molecular weight is 174 g/mol. The van der Waals surface area contributed by atoms with Crippen molar-refractivity contribution in [2.75, 3.05) is 6.54 Å². The summed E-state index contributed by atoms with van der Waals surface area (Å²) in [5, 5.41) is 0.227. The van der Waals surface area contributed by atoms with Crippen LogP contribution in [0.2, 0.25) is 5.22 Å². The summed E-state index contributed by atoms with van der Waals surface area (Å²) in [6.07, 6.45) is 0.295. The number of hydrogen-bond donors (Lipinski definition) is 1. The molecule has 1 heterocycles. The first kappa shape index (κ1) is 8.30. The molecule has 0 saturated heterocycles. The van der Waals surface area contributed by atoms with E-state index in [-0.39, 0.29) is 16.8 Å². The molecule has 0 amide bonds. The predicted octanol–water partition coefficient (Wildman–Crippen LogP) is 1.46. The van der Waals surface area contributed by atoms with Gasteiger partial charge in [0.1, 0.15) is 0 Å². The second-order valence-corrected chi connectivity index (χ2v) is 2.44. The summed E-state index contributed by atoms with van der Waals surface area (Å²) in [6.45, 7) is 0.331. The van der Waals surface area contributed by atoms with E-state index in [1.807, 2.05) is 0 Å². The third-order valence-corrected chi connectivity index (χ3v) is 1.42. The van der Waals surface area contributed by atoms with Gasteiger partial charge in [0.25, 0.3) is 0 Å². The van der Waals surface area contributed by atoms with Gasteiger partial charge in [-0.25, -0.2) is 0 Å². The van der Waals surface area contributed by atoms with Crippen LogP contribution in [0.25, 0.3) is 0 Å². The minimum atomic E-state index is -0.112. The van der Waals surface area contributed by atoms with Gasteiger partial charge >= 0.3 is 0 Å². The van der Waals surface area contributed by atoms with Gasteiger partial charge in [0.05, 0.1) is 0 Å². The van der Waals surface area contributed by atoms with Crippen molar-refractivity contribution in [2.24, 2.45) is 5.73 Å². The van der Waals surface area contributed by atoms with Crippen LogP contribution in [0.1, 0.15) is 17.0 Å². The van der Waals surface area contributed by atoms with Gasteiger partial charge in [0, 0.05) is 6.42 Å². The Bertz CT molecular complexity index is 257. The van der Waals surface area contributed by atoms with Crippen LogP contribution in [0.3, 0.4) is 0 Å². The van der Waals surface area contributed by atoms with Crippen molar-refractivity contribution in [3.05, 3.63) is 23.1 Å². The van der Waals surface area contributed by atoms with Gasteiger partial charge in [-0.05, 0) is 30.3 Å². The van der Waals surface area contributed by atoms with E-state index in [1.54, 1.807) is 6.07 Å². The van der Waals surface area contributed by atoms with Crippen LogP contribution < -0.4 is 5.73 Å². The maximum atomic E-state index is 11.0. The van der Waals surface area contributed by atoms with E-state index in [2.05, 4.69) is 0 Å². The maximum absolute atomic E-state index is 11.0. The molecule has 60 valence electrons. The van der Waals surface area contributed by atoms with E-state index >= 15 is 0 Å². The van der Waals surface area contributed by atoms with Gasteiger partial charge in [0.15, 0.2) is 16.8 Å². The standard InChI is InChI=1S/C7H8ClNO2/c8-7-2-1-6(11-7)5(10)3-4-9/h1-2H,3-4,9H2. The fraction of sp³-hybridized carbons (Fsp3) is 0.286. The molecule has 0 unspecified atom stereocenters. The monoisotopic (exact) mass is 173 g/mol. The molecule has 0 aliphatic carbocycles. The lowest BCUT2D eigenvalue weighted by molar-refractivity contribution is 0.0959. The Morgan fingerprint density at radius 3 is 2.82 bits per heavy atom. The van der Waals surface area contributed by atoms with Gasteiger partial charge in [-0.1, -0.05) is 0 Å². The number of hydrogen-bond acceptors (Lipinski definition) is 3. The van der Waals surface area contributed by atoms with Crippen molar-refractivity contribution in [3.8, 4) is 0 Å². The van der Waals surface area contributed by atoms with Gasteiger partial charge in [0.2, 0.25) is 0 Å². The highest BCUT2D eigenvalue weighted by atomic mass is 35.5. The van der Waals surface area contributed by atoms with Crippen molar-refractivity contribution in [1.29, 1.82) is 0 Å². The summed E-state index contributed by atoms with van der Waals surface area (Å²) < 4.78 is 4.86. The van der Waals surface area contributed by atoms with E-state index in [0.29, 0.717) is 13.0 Å². The highest BCUT2D eigenvalue weighted by Crippen LogP contribution is 2.14. The van der Waals surface area contributed by atoms with Crippen molar-refractivity contribution in [2.45, 2.75) is 6.42 Å². The van der Waals surface area contributed by atoms with Crippen molar-refractivity contribution in [3.63, 3.8) is 0 Å². The Morgan fingerprint density at radius 1 is 1.64 bits per heavy atom. The molecule has 2 N–H and O–H groups in total. The van der Waals surface area contributed by atoms with Gasteiger partial charge in [-0.15, -0.1) is 0 Å². The quantitative estimate of drug-likeness (QED) is 0.705. The number of ketones is 1. The number of carbonyl (C=O) groups is 1. The fourth-order valence-electron chi connectivity index (χ4n) is 0.718. The fourth-order valence-corrected chi connectivity index (χ4v) is 0.865. The first-order valence-electron chi connectivity index (χ1n) is 3.22. The third-order valence-electron chi connectivity index (χ3n) is 1.22. The molecule has 0 spiro atoms. The molecule has 11 heavy (non-hydrogen) atoms. The Morgan fingerprint density at radius 2 is 2.36 bits per heavy atom. The van der Waals surface area contributed by atoms with Crippen LogP contribution in [-0.2, 0) is 0 Å².